The van der Waals surface area contributed by atoms with Gasteiger partial charge in [-0.25, -0.2) is 9.18 Å². The quantitative estimate of drug-likeness (QED) is 0.633. The van der Waals surface area contributed by atoms with Crippen molar-refractivity contribution >= 4 is 29.6 Å². The van der Waals surface area contributed by atoms with Gasteiger partial charge in [-0.3, -0.25) is 4.79 Å². The summed E-state index contributed by atoms with van der Waals surface area (Å²) in [5.74, 6) is -1.41. The van der Waals surface area contributed by atoms with Crippen molar-refractivity contribution in [3.63, 3.8) is 0 Å². The minimum absolute atomic E-state index is 0.193. The molecule has 25 heavy (non-hydrogen) atoms. The van der Waals surface area contributed by atoms with Gasteiger partial charge in [0.1, 0.15) is 11.9 Å². The lowest BCUT2D eigenvalue weighted by atomic mass is 10.1. The highest BCUT2D eigenvalue weighted by Crippen LogP contribution is 2.16. The first-order chi connectivity index (χ1) is 12.0. The second-order valence-corrected chi connectivity index (χ2v) is 5.68. The molecule has 2 aromatic carbocycles. The third kappa shape index (κ3) is 5.72. The number of carbonyl (C=O) groups is 2. The molecule has 4 nitrogen and oxygen atoms in total. The van der Waals surface area contributed by atoms with E-state index >= 15 is 0 Å². The molecule has 1 N–H and O–H groups in total. The second kappa shape index (κ2) is 8.99. The minimum atomic E-state index is -0.876. The molecule has 0 radical (unpaired) electrons. The van der Waals surface area contributed by atoms with Crippen molar-refractivity contribution in [2.75, 3.05) is 7.11 Å². The number of carbonyl (C=O) groups excluding carboxylic acids is 2. The standard InChI is InChI=1S/C19H17ClFNO3/c1-25-19(24)17(12-13-6-9-15(21)10-7-13)22-18(23)11-8-14-4-2-3-5-16(14)20/h2-11,17H,12H2,1H3,(H,22,23)/b11-8+/t17-/m0/s1. The lowest BCUT2D eigenvalue weighted by molar-refractivity contribution is -0.144. The van der Waals surface area contributed by atoms with Gasteiger partial charge in [-0.15, -0.1) is 0 Å². The fourth-order valence-electron chi connectivity index (χ4n) is 2.19. The van der Waals surface area contributed by atoms with E-state index in [1.54, 1.807) is 42.5 Å². The number of rotatable bonds is 6. The SMILES string of the molecule is COC(=O)[C@H](Cc1ccc(F)cc1)NC(=O)/C=C/c1ccccc1Cl. The number of esters is 1. The summed E-state index contributed by atoms with van der Waals surface area (Å²) in [6.07, 6.45) is 3.05. The predicted molar refractivity (Wildman–Crippen MR) is 94.5 cm³/mol. The van der Waals surface area contributed by atoms with Gasteiger partial charge in [0.25, 0.3) is 0 Å². The zero-order valence-electron chi connectivity index (χ0n) is 13.5. The van der Waals surface area contributed by atoms with E-state index in [2.05, 4.69) is 5.32 Å². The monoisotopic (exact) mass is 361 g/mol. The third-order valence-corrected chi connectivity index (χ3v) is 3.82. The highest BCUT2D eigenvalue weighted by Gasteiger charge is 2.21. The van der Waals surface area contributed by atoms with Crippen molar-refractivity contribution in [2.24, 2.45) is 0 Å². The molecule has 0 saturated carbocycles. The highest BCUT2D eigenvalue weighted by molar-refractivity contribution is 6.32. The summed E-state index contributed by atoms with van der Waals surface area (Å²) in [6.45, 7) is 0. The van der Waals surface area contributed by atoms with Crippen LogP contribution >= 0.6 is 11.6 Å². The Morgan fingerprint density at radius 1 is 1.20 bits per heavy atom. The summed E-state index contributed by atoms with van der Waals surface area (Å²) in [6, 6.07) is 11.9. The molecule has 0 saturated heterocycles. The fourth-order valence-corrected chi connectivity index (χ4v) is 2.39. The van der Waals surface area contributed by atoms with E-state index in [4.69, 9.17) is 16.3 Å². The molecular formula is C19H17ClFNO3. The molecule has 0 aliphatic carbocycles. The number of halogens is 2. The summed E-state index contributed by atoms with van der Waals surface area (Å²) in [5.41, 5.74) is 1.39. The van der Waals surface area contributed by atoms with Crippen molar-refractivity contribution in [3.05, 3.63) is 76.6 Å². The van der Waals surface area contributed by atoms with Gasteiger partial charge in [0.2, 0.25) is 5.91 Å². The molecule has 0 bridgehead atoms. The zero-order chi connectivity index (χ0) is 18.2. The molecule has 130 valence electrons. The maximum atomic E-state index is 13.0. The fraction of sp³-hybridized carbons (Fsp3) is 0.158. The summed E-state index contributed by atoms with van der Waals surface area (Å²) >= 11 is 6.02. The van der Waals surface area contributed by atoms with Crippen LogP contribution in [0.3, 0.4) is 0 Å². The smallest absolute Gasteiger partial charge is 0.328 e. The van der Waals surface area contributed by atoms with Gasteiger partial charge in [-0.1, -0.05) is 41.9 Å². The van der Waals surface area contributed by atoms with Crippen LogP contribution in [0.5, 0.6) is 0 Å². The maximum absolute atomic E-state index is 13.0. The van der Waals surface area contributed by atoms with Crippen LogP contribution in [0.1, 0.15) is 11.1 Å². The molecular weight excluding hydrogens is 345 g/mol. The van der Waals surface area contributed by atoms with Gasteiger partial charge >= 0.3 is 5.97 Å². The van der Waals surface area contributed by atoms with Gasteiger partial charge in [0.15, 0.2) is 0 Å². The number of ether oxygens (including phenoxy) is 1. The Hall–Kier alpha value is -2.66. The molecule has 0 heterocycles. The molecule has 2 aromatic rings. The molecule has 2 rings (SSSR count). The van der Waals surface area contributed by atoms with E-state index in [1.807, 2.05) is 0 Å². The van der Waals surface area contributed by atoms with Crippen molar-refractivity contribution in [1.82, 2.24) is 5.32 Å². The molecule has 0 fully saturated rings. The van der Waals surface area contributed by atoms with Gasteiger partial charge in [0.05, 0.1) is 7.11 Å². The van der Waals surface area contributed by atoms with E-state index in [9.17, 15) is 14.0 Å². The van der Waals surface area contributed by atoms with E-state index < -0.39 is 17.9 Å². The summed E-state index contributed by atoms with van der Waals surface area (Å²) in [4.78, 5) is 24.0. The van der Waals surface area contributed by atoms with Crippen LogP contribution in [0.2, 0.25) is 5.02 Å². The second-order valence-electron chi connectivity index (χ2n) is 5.27. The Bertz CT molecular complexity index is 774. The summed E-state index contributed by atoms with van der Waals surface area (Å²) in [5, 5.41) is 3.10. The first kappa shape index (κ1) is 18.7. The molecule has 1 atom stereocenters. The van der Waals surface area contributed by atoms with Crippen LogP contribution < -0.4 is 5.32 Å². The third-order valence-electron chi connectivity index (χ3n) is 3.47. The van der Waals surface area contributed by atoms with Gasteiger partial charge in [-0.2, -0.15) is 0 Å². The predicted octanol–water partition coefficient (Wildman–Crippen LogP) is 3.39. The number of nitrogens with one attached hydrogen (secondary N) is 1. The molecule has 0 aliphatic heterocycles. The van der Waals surface area contributed by atoms with Crippen molar-refractivity contribution < 1.29 is 18.7 Å². The Balaban J connectivity index is 2.05. The Kier molecular flexibility index (Phi) is 6.71. The van der Waals surface area contributed by atoms with Crippen LogP contribution in [0.4, 0.5) is 4.39 Å². The molecule has 0 aromatic heterocycles. The number of amides is 1. The molecule has 0 spiro atoms. The lowest BCUT2D eigenvalue weighted by Crippen LogP contribution is -2.42. The van der Waals surface area contributed by atoms with Crippen LogP contribution in [0, 0.1) is 5.82 Å². The largest absolute Gasteiger partial charge is 0.467 e. The molecule has 1 amide bonds. The van der Waals surface area contributed by atoms with Gasteiger partial charge in [0, 0.05) is 17.5 Å². The maximum Gasteiger partial charge on any atom is 0.328 e. The van der Waals surface area contributed by atoms with Crippen molar-refractivity contribution in [3.8, 4) is 0 Å². The minimum Gasteiger partial charge on any atom is -0.467 e. The number of hydrogen-bond acceptors (Lipinski definition) is 3. The first-order valence-corrected chi connectivity index (χ1v) is 7.93. The van der Waals surface area contributed by atoms with E-state index in [-0.39, 0.29) is 12.2 Å². The average Bonchev–Trinajstić information content (AvgIpc) is 2.61. The molecule has 6 heteroatoms. The number of hydrogen-bond donors (Lipinski definition) is 1. The van der Waals surface area contributed by atoms with Gasteiger partial charge in [-0.05, 0) is 35.4 Å². The highest BCUT2D eigenvalue weighted by atomic mass is 35.5. The van der Waals surface area contributed by atoms with Crippen LogP contribution in [0.15, 0.2) is 54.6 Å². The molecule has 0 aliphatic rings. The van der Waals surface area contributed by atoms with Crippen LogP contribution in [-0.4, -0.2) is 25.0 Å². The number of benzene rings is 2. The van der Waals surface area contributed by atoms with E-state index in [0.29, 0.717) is 16.1 Å². The Morgan fingerprint density at radius 2 is 1.88 bits per heavy atom. The van der Waals surface area contributed by atoms with Gasteiger partial charge < -0.3 is 10.1 Å². The topological polar surface area (TPSA) is 55.4 Å². The van der Waals surface area contributed by atoms with Crippen molar-refractivity contribution in [2.45, 2.75) is 12.5 Å². The first-order valence-electron chi connectivity index (χ1n) is 7.55. The summed E-state index contributed by atoms with van der Waals surface area (Å²) < 4.78 is 17.7. The van der Waals surface area contributed by atoms with E-state index in [0.717, 1.165) is 0 Å². The van der Waals surface area contributed by atoms with Crippen LogP contribution in [-0.2, 0) is 20.7 Å². The Morgan fingerprint density at radius 3 is 2.52 bits per heavy atom. The van der Waals surface area contributed by atoms with E-state index in [1.165, 1.54) is 25.3 Å². The van der Waals surface area contributed by atoms with Crippen molar-refractivity contribution in [1.29, 1.82) is 0 Å². The summed E-state index contributed by atoms with van der Waals surface area (Å²) in [7, 11) is 1.24. The van der Waals surface area contributed by atoms with Crippen LogP contribution in [0.25, 0.3) is 6.08 Å². The number of methoxy groups -OCH3 is 1. The average molecular weight is 362 g/mol. The lowest BCUT2D eigenvalue weighted by Gasteiger charge is -2.15. The molecule has 0 unspecified atom stereocenters. The Labute approximate surface area is 150 Å². The normalized spacial score (nSPS) is 12.0. The zero-order valence-corrected chi connectivity index (χ0v) is 14.3.